The van der Waals surface area contributed by atoms with Gasteiger partial charge < -0.3 is 9.80 Å². The molecule has 2 atom stereocenters. The molecule has 2 aromatic rings. The van der Waals surface area contributed by atoms with Gasteiger partial charge >= 0.3 is 12.4 Å². The van der Waals surface area contributed by atoms with Crippen molar-refractivity contribution in [2.75, 3.05) is 22.9 Å². The minimum atomic E-state index is -4.50. The van der Waals surface area contributed by atoms with Crippen molar-refractivity contribution >= 4 is 23.0 Å². The fourth-order valence-corrected chi connectivity index (χ4v) is 7.14. The van der Waals surface area contributed by atoms with Gasteiger partial charge in [0.2, 0.25) is 0 Å². The molecule has 2 aliphatic carbocycles. The normalized spacial score (nSPS) is 24.7. The quantitative estimate of drug-likeness (QED) is 0.326. The van der Waals surface area contributed by atoms with Crippen molar-refractivity contribution < 1.29 is 26.3 Å². The van der Waals surface area contributed by atoms with Crippen LogP contribution in [0.25, 0.3) is 0 Å². The number of nitrogens with zero attached hydrogens (tertiary/aromatic N) is 4. The Bertz CT molecular complexity index is 1220. The molecule has 10 heteroatoms. The molecule has 2 heterocycles. The van der Waals surface area contributed by atoms with Crippen molar-refractivity contribution in [3.63, 3.8) is 0 Å². The zero-order valence-electron chi connectivity index (χ0n) is 23.5. The molecule has 2 saturated carbocycles. The molecule has 0 saturated heterocycles. The van der Waals surface area contributed by atoms with E-state index in [1.165, 1.54) is 12.1 Å². The van der Waals surface area contributed by atoms with E-state index in [1.54, 1.807) is 12.1 Å². The molecule has 0 radical (unpaired) electrons. The van der Waals surface area contributed by atoms with Crippen LogP contribution < -0.4 is 9.80 Å². The van der Waals surface area contributed by atoms with Gasteiger partial charge in [-0.15, -0.1) is 0 Å². The lowest BCUT2D eigenvalue weighted by Crippen LogP contribution is -2.43. The molecule has 0 amide bonds. The number of anilines is 2. The lowest BCUT2D eigenvalue weighted by molar-refractivity contribution is -0.138. The van der Waals surface area contributed by atoms with Crippen LogP contribution in [-0.4, -0.2) is 36.8 Å². The number of alkyl halides is 6. The Morgan fingerprint density at radius 2 is 0.929 bits per heavy atom. The topological polar surface area (TPSA) is 31.2 Å². The summed E-state index contributed by atoms with van der Waals surface area (Å²) in [7, 11) is 0. The smallest absolute Gasteiger partial charge is 0.321 e. The summed E-state index contributed by atoms with van der Waals surface area (Å²) in [5.41, 5.74) is -0.753. The molecule has 2 fully saturated rings. The molecule has 4 aliphatic rings. The van der Waals surface area contributed by atoms with Crippen LogP contribution in [0.3, 0.4) is 0 Å². The van der Waals surface area contributed by atoms with Gasteiger partial charge in [0.1, 0.15) is 0 Å². The number of halogens is 6. The third-order valence-electron chi connectivity index (χ3n) is 9.39. The van der Waals surface area contributed by atoms with Crippen molar-refractivity contribution in [3.8, 4) is 0 Å². The predicted octanol–water partition coefficient (Wildman–Crippen LogP) is 8.76. The van der Waals surface area contributed by atoms with E-state index in [2.05, 4.69) is 0 Å². The number of aliphatic imine (C=N–C) groups is 2. The van der Waals surface area contributed by atoms with Gasteiger partial charge in [-0.05, 0) is 73.9 Å². The predicted molar refractivity (Wildman–Crippen MR) is 153 cm³/mol. The monoisotopic (exact) mass is 590 g/mol. The molecule has 4 nitrogen and oxygen atoms in total. The lowest BCUT2D eigenvalue weighted by Gasteiger charge is -2.29. The molecule has 42 heavy (non-hydrogen) atoms. The highest BCUT2D eigenvalue weighted by Gasteiger charge is 2.42. The summed E-state index contributed by atoms with van der Waals surface area (Å²) in [6.07, 6.45) is 1.72. The van der Waals surface area contributed by atoms with Gasteiger partial charge in [-0.1, -0.05) is 50.7 Å². The van der Waals surface area contributed by atoms with Crippen LogP contribution in [-0.2, 0) is 12.4 Å². The molecule has 0 bridgehead atoms. The van der Waals surface area contributed by atoms with Crippen LogP contribution >= 0.6 is 0 Å². The molecule has 0 spiro atoms. The maximum atomic E-state index is 13.7. The van der Waals surface area contributed by atoms with Gasteiger partial charge in [0, 0.05) is 24.5 Å². The number of hydrogen-bond acceptors (Lipinski definition) is 4. The van der Waals surface area contributed by atoms with E-state index in [4.69, 9.17) is 9.98 Å². The number of hydrogen-bond donors (Lipinski definition) is 0. The van der Waals surface area contributed by atoms with Crippen molar-refractivity contribution in [1.29, 1.82) is 0 Å². The summed E-state index contributed by atoms with van der Waals surface area (Å²) >= 11 is 0. The first-order valence-electron chi connectivity index (χ1n) is 15.1. The molecule has 0 N–H and O–H groups in total. The molecular weight excluding hydrogens is 554 g/mol. The average Bonchev–Trinajstić information content (AvgIpc) is 3.63. The molecule has 6 rings (SSSR count). The number of amidine groups is 2. The highest BCUT2D eigenvalue weighted by molar-refractivity contribution is 6.50. The molecule has 2 aliphatic heterocycles. The first-order chi connectivity index (χ1) is 20.1. The summed E-state index contributed by atoms with van der Waals surface area (Å²) in [5, 5.41) is 0. The fourth-order valence-electron chi connectivity index (χ4n) is 7.14. The Hall–Kier alpha value is -3.04. The summed E-state index contributed by atoms with van der Waals surface area (Å²) in [6, 6.07) is 10.2. The first-order valence-corrected chi connectivity index (χ1v) is 15.1. The molecule has 2 aromatic carbocycles. The maximum Gasteiger partial charge on any atom is 0.416 e. The second-order valence-electron chi connectivity index (χ2n) is 12.2. The van der Waals surface area contributed by atoms with E-state index in [9.17, 15) is 26.3 Å². The molecule has 0 unspecified atom stereocenters. The van der Waals surface area contributed by atoms with E-state index in [0.29, 0.717) is 48.0 Å². The Balaban J connectivity index is 1.43. The van der Waals surface area contributed by atoms with Gasteiger partial charge in [-0.2, -0.15) is 26.3 Å². The maximum absolute atomic E-state index is 13.7. The van der Waals surface area contributed by atoms with E-state index >= 15 is 0 Å². The zero-order chi connectivity index (χ0) is 29.5. The van der Waals surface area contributed by atoms with Crippen molar-refractivity contribution in [2.45, 2.75) is 88.6 Å². The fraction of sp³-hybridized carbons (Fsp3) is 0.562. The standard InChI is InChI=1S/C32H36F6N4/c33-31(34,35)23-13-7-15-25(17-23)41-19-27(21-9-3-1-4-10-21)39-29(41)30-40-28(22-11-5-2-6-12-22)20-42(30)26-16-8-14-24(18-26)32(36,37)38/h7-8,13-18,21-22,27-28H,1-6,9-12,19-20H2/t27-,28-/m1/s1. The highest BCUT2D eigenvalue weighted by atomic mass is 19.4. The van der Waals surface area contributed by atoms with Crippen molar-refractivity contribution in [2.24, 2.45) is 21.8 Å². The van der Waals surface area contributed by atoms with Crippen LogP contribution in [0.1, 0.15) is 75.3 Å². The summed E-state index contributed by atoms with van der Waals surface area (Å²) in [4.78, 5) is 13.9. The number of rotatable bonds is 5. The zero-order valence-corrected chi connectivity index (χ0v) is 23.5. The Labute approximate surface area is 242 Å². The highest BCUT2D eigenvalue weighted by Crippen LogP contribution is 2.39. The third kappa shape index (κ3) is 6.04. The summed E-state index contributed by atoms with van der Waals surface area (Å²) in [6.45, 7) is 0.843. The summed E-state index contributed by atoms with van der Waals surface area (Å²) in [5.74, 6) is 1.53. The van der Waals surface area contributed by atoms with Crippen molar-refractivity contribution in [3.05, 3.63) is 59.7 Å². The largest absolute Gasteiger partial charge is 0.416 e. The minimum absolute atomic E-state index is 0.116. The second-order valence-corrected chi connectivity index (χ2v) is 12.2. The van der Waals surface area contributed by atoms with Crippen LogP contribution in [0.4, 0.5) is 37.7 Å². The Kier molecular flexibility index (Phi) is 8.00. The van der Waals surface area contributed by atoms with E-state index in [0.717, 1.165) is 88.5 Å². The lowest BCUT2D eigenvalue weighted by atomic mass is 9.84. The average molecular weight is 591 g/mol. The van der Waals surface area contributed by atoms with Crippen LogP contribution in [0, 0.1) is 11.8 Å². The van der Waals surface area contributed by atoms with E-state index in [1.807, 2.05) is 9.80 Å². The Morgan fingerprint density at radius 3 is 1.29 bits per heavy atom. The van der Waals surface area contributed by atoms with Gasteiger partial charge in [-0.3, -0.25) is 9.98 Å². The molecule has 226 valence electrons. The molecule has 0 aromatic heterocycles. The number of benzene rings is 2. The summed E-state index contributed by atoms with van der Waals surface area (Å²) < 4.78 is 82.3. The van der Waals surface area contributed by atoms with E-state index < -0.39 is 23.5 Å². The van der Waals surface area contributed by atoms with E-state index in [-0.39, 0.29) is 12.1 Å². The van der Waals surface area contributed by atoms with Gasteiger partial charge in [0.05, 0.1) is 23.2 Å². The SMILES string of the molecule is FC(F)(F)c1cccc(N2C[C@H](C3CCCCC3)N=C2C2=N[C@@H](C3CCCCC3)CN2c2cccc(C(F)(F)F)c2)c1. The minimum Gasteiger partial charge on any atom is -0.321 e. The first kappa shape index (κ1) is 29.1. The van der Waals surface area contributed by atoms with Crippen LogP contribution in [0.2, 0.25) is 0 Å². The van der Waals surface area contributed by atoms with Crippen molar-refractivity contribution in [1.82, 2.24) is 0 Å². The van der Waals surface area contributed by atoms with Crippen LogP contribution in [0.15, 0.2) is 58.5 Å². The third-order valence-corrected chi connectivity index (χ3v) is 9.39. The molecular formula is C32H36F6N4. The van der Waals surface area contributed by atoms with Gasteiger partial charge in [0.25, 0.3) is 0 Å². The van der Waals surface area contributed by atoms with Gasteiger partial charge in [0.15, 0.2) is 11.7 Å². The van der Waals surface area contributed by atoms with Crippen LogP contribution in [0.5, 0.6) is 0 Å². The van der Waals surface area contributed by atoms with Gasteiger partial charge in [-0.25, -0.2) is 0 Å². The Morgan fingerprint density at radius 1 is 0.548 bits per heavy atom. The second kappa shape index (κ2) is 11.6.